The van der Waals surface area contributed by atoms with Crippen molar-refractivity contribution in [1.82, 2.24) is 15.2 Å². The van der Waals surface area contributed by atoms with Gasteiger partial charge >= 0.3 is 5.97 Å². The van der Waals surface area contributed by atoms with E-state index in [-0.39, 0.29) is 29.5 Å². The quantitative estimate of drug-likeness (QED) is 0.607. The Hall–Kier alpha value is -2.17. The van der Waals surface area contributed by atoms with Crippen molar-refractivity contribution in [2.45, 2.75) is 26.0 Å². The highest BCUT2D eigenvalue weighted by molar-refractivity contribution is 8.06. The predicted octanol–water partition coefficient (Wildman–Crippen LogP) is 1.36. The molecule has 3 N–H and O–H groups in total. The molecule has 8 nitrogen and oxygen atoms in total. The maximum atomic E-state index is 12.3. The summed E-state index contributed by atoms with van der Waals surface area (Å²) in [6.45, 7) is 3.41. The lowest BCUT2D eigenvalue weighted by Gasteiger charge is -2.46. The number of carboxylic acids is 1. The first-order chi connectivity index (χ1) is 12.8. The van der Waals surface area contributed by atoms with E-state index in [1.165, 1.54) is 35.0 Å². The van der Waals surface area contributed by atoms with Gasteiger partial charge in [0.1, 0.15) is 16.4 Å². The number of thiazole rings is 1. The Bertz CT molecular complexity index is 861. The zero-order chi connectivity index (χ0) is 19.9. The van der Waals surface area contributed by atoms with Crippen LogP contribution in [0.1, 0.15) is 29.3 Å². The van der Waals surface area contributed by atoms with Crippen LogP contribution < -0.4 is 5.32 Å². The number of fused-ring (bicyclic) bond motifs is 1. The average Bonchev–Trinajstić information content (AvgIpc) is 3.16. The van der Waals surface area contributed by atoms with Crippen LogP contribution in [0.2, 0.25) is 0 Å². The van der Waals surface area contributed by atoms with Crippen LogP contribution >= 0.6 is 23.1 Å². The molecule has 144 valence electrons. The second kappa shape index (κ2) is 7.45. The van der Waals surface area contributed by atoms with E-state index in [2.05, 4.69) is 10.3 Å². The molecule has 2 amide bonds. The van der Waals surface area contributed by atoms with E-state index in [1.54, 1.807) is 23.8 Å². The fourth-order valence-electron chi connectivity index (χ4n) is 3.44. The van der Waals surface area contributed by atoms with E-state index in [4.69, 9.17) is 0 Å². The summed E-state index contributed by atoms with van der Waals surface area (Å²) in [6.07, 6.45) is 0.874. The van der Waals surface area contributed by atoms with Crippen molar-refractivity contribution in [3.63, 3.8) is 0 Å². The number of nitrogens with one attached hydrogen (secondary N) is 1. The van der Waals surface area contributed by atoms with Gasteiger partial charge in [0, 0.05) is 23.3 Å². The van der Waals surface area contributed by atoms with Crippen LogP contribution in [0.3, 0.4) is 0 Å². The van der Waals surface area contributed by atoms with Gasteiger partial charge in [-0.1, -0.05) is 18.7 Å². The van der Waals surface area contributed by atoms with Gasteiger partial charge in [-0.2, -0.15) is 0 Å². The number of hydrogen-bond acceptors (Lipinski definition) is 7. The Morgan fingerprint density at radius 2 is 2.19 bits per heavy atom. The molecule has 1 aromatic rings. The van der Waals surface area contributed by atoms with Gasteiger partial charge in [0.25, 0.3) is 5.91 Å². The van der Waals surface area contributed by atoms with Crippen LogP contribution in [0.25, 0.3) is 6.08 Å². The second-order valence-corrected chi connectivity index (χ2v) is 8.18. The number of carbonyl (C=O) groups is 3. The Morgan fingerprint density at radius 3 is 2.78 bits per heavy atom. The van der Waals surface area contributed by atoms with Crippen LogP contribution in [-0.2, 0) is 9.59 Å². The van der Waals surface area contributed by atoms with Crippen molar-refractivity contribution in [2.75, 3.05) is 7.05 Å². The van der Waals surface area contributed by atoms with Crippen molar-refractivity contribution in [3.05, 3.63) is 32.1 Å². The topological polar surface area (TPSA) is 120 Å². The molecule has 10 heteroatoms. The first-order valence-corrected chi connectivity index (χ1v) is 10.0. The van der Waals surface area contributed by atoms with Crippen molar-refractivity contribution in [3.8, 4) is 0 Å². The summed E-state index contributed by atoms with van der Waals surface area (Å²) in [6, 6.07) is -0.334. The normalized spacial score (nSPS) is 25.6. The van der Waals surface area contributed by atoms with E-state index in [9.17, 15) is 24.6 Å². The highest BCUT2D eigenvalue weighted by Gasteiger charge is 2.59. The summed E-state index contributed by atoms with van der Waals surface area (Å²) >= 11 is 2.52. The molecule has 3 rings (SSSR count). The lowest BCUT2D eigenvalue weighted by atomic mass is 9.79. The minimum atomic E-state index is -1.16. The summed E-state index contributed by atoms with van der Waals surface area (Å²) in [5.74, 6) is -2.56. The molecule has 1 aromatic heterocycles. The summed E-state index contributed by atoms with van der Waals surface area (Å²) in [5.41, 5.74) is 0.301. The van der Waals surface area contributed by atoms with Crippen molar-refractivity contribution in [2.24, 2.45) is 11.8 Å². The SMILES string of the molecule is CNC(=O)c1csc(C=CSC2=C(C(=O)O)N3C(=O)[C@H]([C@@H](C)O)[C@H]3[C@H]2C)n1. The number of carbonyl (C=O) groups excluding carboxylic acids is 2. The zero-order valence-corrected chi connectivity index (χ0v) is 16.5. The largest absolute Gasteiger partial charge is 0.477 e. The number of β-lactam (4-membered cyclic amide) rings is 1. The molecule has 2 aliphatic heterocycles. The van der Waals surface area contributed by atoms with E-state index in [1.807, 2.05) is 6.92 Å². The number of amides is 2. The maximum absolute atomic E-state index is 12.3. The molecule has 4 atom stereocenters. The Balaban J connectivity index is 1.79. The highest BCUT2D eigenvalue weighted by Crippen LogP contribution is 2.50. The lowest BCUT2D eigenvalue weighted by molar-refractivity contribution is -0.163. The number of carboxylic acid groups (broad SMARTS) is 1. The summed E-state index contributed by atoms with van der Waals surface area (Å²) in [4.78, 5) is 41.6. The first-order valence-electron chi connectivity index (χ1n) is 8.27. The second-order valence-electron chi connectivity index (χ2n) is 6.34. The number of aliphatic hydroxyl groups is 1. The average molecular weight is 409 g/mol. The Kier molecular flexibility index (Phi) is 5.41. The van der Waals surface area contributed by atoms with Gasteiger partial charge in [-0.25, -0.2) is 9.78 Å². The highest BCUT2D eigenvalue weighted by atomic mass is 32.2. The molecule has 0 saturated carbocycles. The number of thioether (sulfide) groups is 1. The van der Waals surface area contributed by atoms with E-state index in [0.717, 1.165) is 0 Å². The number of aromatic nitrogens is 1. The fourth-order valence-corrected chi connectivity index (χ4v) is 5.21. The predicted molar refractivity (Wildman–Crippen MR) is 102 cm³/mol. The third-order valence-electron chi connectivity index (χ3n) is 4.70. The third-order valence-corrected chi connectivity index (χ3v) is 6.60. The first kappa shape index (κ1) is 19.6. The number of aliphatic carboxylic acids is 1. The van der Waals surface area contributed by atoms with Gasteiger partial charge in [0.15, 0.2) is 0 Å². The summed E-state index contributed by atoms with van der Waals surface area (Å²) in [5, 5.41) is 25.9. The van der Waals surface area contributed by atoms with Crippen molar-refractivity contribution in [1.29, 1.82) is 0 Å². The standard InChI is InChI=1S/C17H19N3O5S2/c1-7-12-11(8(2)21)16(23)20(12)13(17(24)25)14(7)26-5-4-10-19-9(6-27-10)15(22)18-3/h4-8,11-12,21H,1-3H3,(H,18,22)(H,24,25)/t7-,8-,11-,12-/m1/s1. The van der Waals surface area contributed by atoms with Gasteiger partial charge < -0.3 is 20.4 Å². The molecule has 0 aliphatic carbocycles. The third kappa shape index (κ3) is 3.28. The van der Waals surface area contributed by atoms with Gasteiger partial charge in [0.2, 0.25) is 5.91 Å². The summed E-state index contributed by atoms with van der Waals surface area (Å²) in [7, 11) is 1.53. The molecular weight excluding hydrogens is 390 g/mol. The Morgan fingerprint density at radius 1 is 1.48 bits per heavy atom. The van der Waals surface area contributed by atoms with Gasteiger partial charge in [-0.15, -0.1) is 11.3 Å². The molecule has 2 aliphatic rings. The molecule has 1 saturated heterocycles. The van der Waals surface area contributed by atoms with Gasteiger partial charge in [-0.05, 0) is 18.4 Å². The van der Waals surface area contributed by atoms with Crippen molar-refractivity contribution < 1.29 is 24.6 Å². The van der Waals surface area contributed by atoms with Crippen LogP contribution in [0.5, 0.6) is 0 Å². The molecule has 0 radical (unpaired) electrons. The van der Waals surface area contributed by atoms with Crippen LogP contribution in [0.15, 0.2) is 21.4 Å². The monoisotopic (exact) mass is 409 g/mol. The zero-order valence-electron chi connectivity index (χ0n) is 14.9. The van der Waals surface area contributed by atoms with Crippen LogP contribution in [0.4, 0.5) is 0 Å². The van der Waals surface area contributed by atoms with E-state index in [0.29, 0.717) is 15.6 Å². The molecule has 0 bridgehead atoms. The molecule has 0 aromatic carbocycles. The minimum absolute atomic E-state index is 0.0192. The van der Waals surface area contributed by atoms with Crippen LogP contribution in [0, 0.1) is 11.8 Å². The molecule has 0 unspecified atom stereocenters. The molecule has 0 spiro atoms. The van der Waals surface area contributed by atoms with Crippen molar-refractivity contribution >= 4 is 47.0 Å². The molecule has 27 heavy (non-hydrogen) atoms. The number of hydrogen-bond donors (Lipinski definition) is 3. The minimum Gasteiger partial charge on any atom is -0.477 e. The van der Waals surface area contributed by atoms with Gasteiger partial charge in [0.05, 0.1) is 18.1 Å². The number of rotatable bonds is 6. The van der Waals surface area contributed by atoms with Gasteiger partial charge in [-0.3, -0.25) is 9.59 Å². The number of aliphatic hydroxyl groups excluding tert-OH is 1. The lowest BCUT2D eigenvalue weighted by Crippen LogP contribution is -2.63. The molecule has 1 fully saturated rings. The number of nitrogens with zero attached hydrogens (tertiary/aromatic N) is 2. The van der Waals surface area contributed by atoms with Crippen LogP contribution in [-0.4, -0.2) is 57.1 Å². The Labute approximate surface area is 164 Å². The van der Waals surface area contributed by atoms with E-state index < -0.39 is 18.0 Å². The summed E-state index contributed by atoms with van der Waals surface area (Å²) < 4.78 is 0. The molecule has 3 heterocycles. The maximum Gasteiger partial charge on any atom is 0.353 e. The smallest absolute Gasteiger partial charge is 0.353 e. The molecular formula is C17H19N3O5S2. The fraction of sp³-hybridized carbons (Fsp3) is 0.412. The van der Waals surface area contributed by atoms with E-state index >= 15 is 0 Å².